The molecule has 3 rings (SSSR count). The second kappa shape index (κ2) is 4.69. The van der Waals surface area contributed by atoms with Crippen LogP contribution < -0.4 is 10.1 Å². The summed E-state index contributed by atoms with van der Waals surface area (Å²) < 4.78 is 5.90. The predicted molar refractivity (Wildman–Crippen MR) is 69.7 cm³/mol. The Bertz CT molecular complexity index is 392. The van der Waals surface area contributed by atoms with Gasteiger partial charge in [-0.2, -0.15) is 0 Å². The molecule has 2 heteroatoms. The second-order valence-electron chi connectivity index (χ2n) is 5.36. The molecule has 1 heterocycles. The number of benzene rings is 1. The van der Waals surface area contributed by atoms with E-state index in [4.69, 9.17) is 4.74 Å². The average molecular weight is 231 g/mol. The topological polar surface area (TPSA) is 21.3 Å². The lowest BCUT2D eigenvalue weighted by Gasteiger charge is -2.25. The Morgan fingerprint density at radius 3 is 2.59 bits per heavy atom. The van der Waals surface area contributed by atoms with Gasteiger partial charge in [0.15, 0.2) is 0 Å². The van der Waals surface area contributed by atoms with Crippen molar-refractivity contribution in [3.63, 3.8) is 0 Å². The number of hydrogen-bond acceptors (Lipinski definition) is 2. The van der Waals surface area contributed by atoms with Gasteiger partial charge in [-0.15, -0.1) is 0 Å². The van der Waals surface area contributed by atoms with Crippen molar-refractivity contribution >= 4 is 0 Å². The van der Waals surface area contributed by atoms with E-state index in [-0.39, 0.29) is 0 Å². The van der Waals surface area contributed by atoms with E-state index in [0.717, 1.165) is 24.8 Å². The number of nitrogens with one attached hydrogen (secondary N) is 1. The van der Waals surface area contributed by atoms with Crippen LogP contribution in [0.4, 0.5) is 0 Å². The molecule has 0 amide bonds. The zero-order valence-electron chi connectivity index (χ0n) is 10.5. The first-order valence-electron chi connectivity index (χ1n) is 6.81. The summed E-state index contributed by atoms with van der Waals surface area (Å²) in [5.41, 5.74) is 2.92. The first-order chi connectivity index (χ1) is 8.33. The molecule has 2 aliphatic rings. The summed E-state index contributed by atoms with van der Waals surface area (Å²) in [6.45, 7) is 4.52. The van der Waals surface area contributed by atoms with Gasteiger partial charge >= 0.3 is 0 Å². The van der Waals surface area contributed by atoms with Gasteiger partial charge in [-0.05, 0) is 74.9 Å². The van der Waals surface area contributed by atoms with Crippen molar-refractivity contribution in [3.8, 4) is 5.75 Å². The third-order valence-corrected chi connectivity index (χ3v) is 3.86. The van der Waals surface area contributed by atoms with Gasteiger partial charge in [0.05, 0.1) is 6.10 Å². The van der Waals surface area contributed by atoms with Crippen LogP contribution in [0, 0.1) is 6.92 Å². The van der Waals surface area contributed by atoms with Crippen LogP contribution in [0.3, 0.4) is 0 Å². The van der Waals surface area contributed by atoms with Crippen molar-refractivity contribution in [1.82, 2.24) is 5.32 Å². The normalized spacial score (nSPS) is 21.5. The summed E-state index contributed by atoms with van der Waals surface area (Å²) in [7, 11) is 0. The third kappa shape index (κ3) is 2.63. The molecular formula is C15H21NO. The summed E-state index contributed by atoms with van der Waals surface area (Å²) in [5.74, 6) is 1.80. The van der Waals surface area contributed by atoms with E-state index in [1.807, 2.05) is 0 Å². The third-order valence-electron chi connectivity index (χ3n) is 3.86. The molecular weight excluding hydrogens is 210 g/mol. The standard InChI is InChI=1S/C15H21NO/c1-11-2-3-14(17-13-4-5-13)10-15(11)12-6-8-16-9-7-12/h2-3,10,12-13,16H,4-9H2,1H3. The molecule has 0 atom stereocenters. The van der Waals surface area contributed by atoms with Crippen molar-refractivity contribution in [3.05, 3.63) is 29.3 Å². The van der Waals surface area contributed by atoms with Crippen LogP contribution in [0.2, 0.25) is 0 Å². The van der Waals surface area contributed by atoms with Crippen molar-refractivity contribution in [2.75, 3.05) is 13.1 Å². The Labute approximate surface area is 103 Å². The molecule has 0 spiro atoms. The number of rotatable bonds is 3. The lowest BCUT2D eigenvalue weighted by atomic mass is 9.87. The molecule has 2 nitrogen and oxygen atoms in total. The molecule has 0 aromatic heterocycles. The van der Waals surface area contributed by atoms with Crippen LogP contribution in [0.5, 0.6) is 5.75 Å². The van der Waals surface area contributed by atoms with Crippen LogP contribution in [-0.4, -0.2) is 19.2 Å². The molecule has 1 saturated carbocycles. The molecule has 1 aliphatic carbocycles. The average Bonchev–Trinajstić information content (AvgIpc) is 3.17. The minimum atomic E-state index is 0.499. The molecule has 1 aromatic carbocycles. The SMILES string of the molecule is Cc1ccc(OC2CC2)cc1C1CCNCC1. The van der Waals surface area contributed by atoms with Gasteiger partial charge in [0.25, 0.3) is 0 Å². The molecule has 1 saturated heterocycles. The fourth-order valence-electron chi connectivity index (χ4n) is 2.64. The Balaban J connectivity index is 1.79. The Morgan fingerprint density at radius 2 is 1.88 bits per heavy atom. The molecule has 2 fully saturated rings. The number of piperidine rings is 1. The van der Waals surface area contributed by atoms with Crippen molar-refractivity contribution in [2.24, 2.45) is 0 Å². The highest BCUT2D eigenvalue weighted by molar-refractivity contribution is 5.37. The van der Waals surface area contributed by atoms with Crippen LogP contribution in [0.25, 0.3) is 0 Å². The van der Waals surface area contributed by atoms with Crippen molar-refractivity contribution in [2.45, 2.75) is 44.6 Å². The maximum Gasteiger partial charge on any atom is 0.120 e. The Morgan fingerprint density at radius 1 is 1.12 bits per heavy atom. The first kappa shape index (κ1) is 11.1. The molecule has 92 valence electrons. The van der Waals surface area contributed by atoms with E-state index < -0.39 is 0 Å². The van der Waals surface area contributed by atoms with Gasteiger partial charge in [-0.25, -0.2) is 0 Å². The van der Waals surface area contributed by atoms with Crippen LogP contribution >= 0.6 is 0 Å². The highest BCUT2D eigenvalue weighted by atomic mass is 16.5. The summed E-state index contributed by atoms with van der Waals surface area (Å²) in [6.07, 6.45) is 5.48. The van der Waals surface area contributed by atoms with Crippen molar-refractivity contribution in [1.29, 1.82) is 0 Å². The van der Waals surface area contributed by atoms with Gasteiger partial charge in [-0.1, -0.05) is 6.07 Å². The number of aryl methyl sites for hydroxylation is 1. The summed E-state index contributed by atoms with van der Waals surface area (Å²) in [4.78, 5) is 0. The predicted octanol–water partition coefficient (Wildman–Crippen LogP) is 3.00. The molecule has 1 aromatic rings. The van der Waals surface area contributed by atoms with E-state index in [9.17, 15) is 0 Å². The summed E-state index contributed by atoms with van der Waals surface area (Å²) in [5, 5.41) is 3.43. The maximum absolute atomic E-state index is 5.90. The van der Waals surface area contributed by atoms with Gasteiger partial charge in [0.1, 0.15) is 5.75 Å². The second-order valence-corrected chi connectivity index (χ2v) is 5.36. The molecule has 17 heavy (non-hydrogen) atoms. The van der Waals surface area contributed by atoms with Gasteiger partial charge in [0, 0.05) is 0 Å². The minimum absolute atomic E-state index is 0.499. The van der Waals surface area contributed by atoms with E-state index in [1.165, 1.54) is 36.8 Å². The fourth-order valence-corrected chi connectivity index (χ4v) is 2.64. The highest BCUT2D eigenvalue weighted by Gasteiger charge is 2.24. The van der Waals surface area contributed by atoms with Gasteiger partial charge in [-0.3, -0.25) is 0 Å². The molecule has 0 bridgehead atoms. The van der Waals surface area contributed by atoms with E-state index in [2.05, 4.69) is 30.4 Å². The molecule has 0 radical (unpaired) electrons. The number of ether oxygens (including phenoxy) is 1. The largest absolute Gasteiger partial charge is 0.490 e. The van der Waals surface area contributed by atoms with Crippen LogP contribution in [0.15, 0.2) is 18.2 Å². The Kier molecular flexibility index (Phi) is 3.06. The van der Waals surface area contributed by atoms with Gasteiger partial charge in [0.2, 0.25) is 0 Å². The van der Waals surface area contributed by atoms with E-state index >= 15 is 0 Å². The summed E-state index contributed by atoms with van der Waals surface area (Å²) >= 11 is 0. The number of hydrogen-bond donors (Lipinski definition) is 1. The highest BCUT2D eigenvalue weighted by Crippen LogP contribution is 2.33. The Hall–Kier alpha value is -1.02. The van der Waals surface area contributed by atoms with E-state index in [0.29, 0.717) is 6.10 Å². The smallest absolute Gasteiger partial charge is 0.120 e. The lowest BCUT2D eigenvalue weighted by molar-refractivity contribution is 0.302. The zero-order chi connectivity index (χ0) is 11.7. The van der Waals surface area contributed by atoms with Crippen LogP contribution in [-0.2, 0) is 0 Å². The minimum Gasteiger partial charge on any atom is -0.490 e. The molecule has 1 aliphatic heterocycles. The van der Waals surface area contributed by atoms with E-state index in [1.54, 1.807) is 0 Å². The zero-order valence-corrected chi connectivity index (χ0v) is 10.5. The van der Waals surface area contributed by atoms with Gasteiger partial charge < -0.3 is 10.1 Å². The van der Waals surface area contributed by atoms with Crippen molar-refractivity contribution < 1.29 is 4.74 Å². The molecule has 1 N–H and O–H groups in total. The first-order valence-corrected chi connectivity index (χ1v) is 6.81. The fraction of sp³-hybridized carbons (Fsp3) is 0.600. The molecule has 0 unspecified atom stereocenters. The lowest BCUT2D eigenvalue weighted by Crippen LogP contribution is -2.27. The summed E-state index contributed by atoms with van der Waals surface area (Å²) in [6, 6.07) is 6.62. The van der Waals surface area contributed by atoms with Crippen LogP contribution in [0.1, 0.15) is 42.7 Å². The monoisotopic (exact) mass is 231 g/mol. The maximum atomic E-state index is 5.90. The quantitative estimate of drug-likeness (QED) is 0.863.